The van der Waals surface area contributed by atoms with Gasteiger partial charge in [0.1, 0.15) is 18.2 Å². The third-order valence-electron chi connectivity index (χ3n) is 7.24. The molecule has 5 aromatic rings. The number of carbonyl (C=O) groups is 1. The Balaban J connectivity index is 1.35. The molecular weight excluding hydrogens is 596 g/mol. The van der Waals surface area contributed by atoms with Crippen LogP contribution >= 0.6 is 11.8 Å². The molecule has 45 heavy (non-hydrogen) atoms. The maximum absolute atomic E-state index is 13.4. The molecule has 0 N–H and O–H groups in total. The summed E-state index contributed by atoms with van der Waals surface area (Å²) in [5.74, 6) is -0.413. The highest BCUT2D eigenvalue weighted by Crippen LogP contribution is 2.23. The van der Waals surface area contributed by atoms with Crippen molar-refractivity contribution in [2.75, 3.05) is 7.05 Å². The molecule has 0 aliphatic rings. The minimum Gasteiger partial charge on any atom is -0.340 e. The molecule has 11 heteroatoms. The van der Waals surface area contributed by atoms with E-state index < -0.39 is 5.56 Å². The van der Waals surface area contributed by atoms with Crippen LogP contribution in [-0.4, -0.2) is 37.0 Å². The molecule has 0 unspecified atom stereocenters. The number of aromatic nitrogens is 4. The summed E-state index contributed by atoms with van der Waals surface area (Å²) >= 11 is 1.28. The zero-order valence-corrected chi connectivity index (χ0v) is 25.6. The maximum atomic E-state index is 13.4. The predicted molar refractivity (Wildman–Crippen MR) is 170 cm³/mol. The molecule has 0 aliphatic heterocycles. The minimum atomic E-state index is -0.441. The molecule has 0 spiro atoms. The van der Waals surface area contributed by atoms with Crippen LogP contribution in [0.3, 0.4) is 0 Å². The van der Waals surface area contributed by atoms with E-state index in [0.29, 0.717) is 35.1 Å². The Hall–Kier alpha value is -4.90. The number of aryl methyl sites for hydroxylation is 1. The lowest BCUT2D eigenvalue weighted by atomic mass is 10.0. The van der Waals surface area contributed by atoms with Crippen LogP contribution < -0.4 is 11.2 Å². The van der Waals surface area contributed by atoms with Crippen molar-refractivity contribution >= 4 is 17.7 Å². The highest BCUT2D eigenvalue weighted by molar-refractivity contribution is 7.98. The number of nitrogens with zero attached hydrogens (tertiary/aromatic N) is 5. The Morgan fingerprint density at radius 2 is 1.42 bits per heavy atom. The topological polar surface area (TPSA) is 90.1 Å². The van der Waals surface area contributed by atoms with Crippen molar-refractivity contribution in [3.63, 3.8) is 0 Å². The number of carbonyl (C=O) groups excluding carboxylic acids is 1. The Labute approximate surface area is 263 Å². The summed E-state index contributed by atoms with van der Waals surface area (Å²) in [5.41, 5.74) is 3.80. The third-order valence-corrected chi connectivity index (χ3v) is 8.30. The second kappa shape index (κ2) is 14.3. The molecule has 0 saturated carbocycles. The number of rotatable bonds is 11. The number of likely N-dealkylation sites (N-methyl/N-ethyl adjacent to an activating group) is 1. The monoisotopic (exact) mass is 627 g/mol. The number of hydrogen-bond donors (Lipinski definition) is 0. The average molecular weight is 628 g/mol. The number of thioether (sulfide) groups is 1. The molecule has 0 saturated heterocycles. The zero-order valence-electron chi connectivity index (χ0n) is 24.8. The molecule has 230 valence electrons. The van der Waals surface area contributed by atoms with E-state index in [4.69, 9.17) is 0 Å². The van der Waals surface area contributed by atoms with E-state index in [-0.39, 0.29) is 36.2 Å². The normalized spacial score (nSPS) is 11.0. The first-order chi connectivity index (χ1) is 21.7. The van der Waals surface area contributed by atoms with Gasteiger partial charge in [0.2, 0.25) is 5.91 Å². The van der Waals surface area contributed by atoms with Gasteiger partial charge in [0.25, 0.3) is 5.56 Å². The lowest BCUT2D eigenvalue weighted by molar-refractivity contribution is -0.131. The van der Waals surface area contributed by atoms with Crippen LogP contribution in [-0.2, 0) is 36.6 Å². The molecule has 0 radical (unpaired) electrons. The molecule has 3 aromatic carbocycles. The van der Waals surface area contributed by atoms with E-state index in [0.717, 1.165) is 22.3 Å². The van der Waals surface area contributed by atoms with Crippen molar-refractivity contribution in [2.45, 2.75) is 43.9 Å². The molecular formula is C34H31F2N5O3S. The molecule has 0 aliphatic carbocycles. The van der Waals surface area contributed by atoms with Crippen LogP contribution in [0.25, 0.3) is 11.1 Å². The summed E-state index contributed by atoms with van der Waals surface area (Å²) in [6.45, 7) is 2.56. The summed E-state index contributed by atoms with van der Waals surface area (Å²) in [6, 6.07) is 20.0. The van der Waals surface area contributed by atoms with Crippen molar-refractivity contribution in [1.29, 1.82) is 0 Å². The number of amides is 1. The first-order valence-corrected chi connectivity index (χ1v) is 15.3. The molecule has 2 aromatic heterocycles. The number of benzene rings is 3. The highest BCUT2D eigenvalue weighted by Gasteiger charge is 2.16. The SMILES string of the molecule is CCn1cc(Cc2cn(CC(=O)N(C)Cc3ccc(-c4ccc(F)cc4)cc3)c(SCc3ccc(F)cc3)nc2=O)cnc1=O. The Morgan fingerprint density at radius 1 is 0.822 bits per heavy atom. The Kier molecular flexibility index (Phi) is 9.99. The van der Waals surface area contributed by atoms with Gasteiger partial charge >= 0.3 is 5.69 Å². The van der Waals surface area contributed by atoms with Crippen LogP contribution in [0.15, 0.2) is 106 Å². The quantitative estimate of drug-likeness (QED) is 0.146. The number of hydrogen-bond acceptors (Lipinski definition) is 6. The smallest absolute Gasteiger partial charge is 0.340 e. The van der Waals surface area contributed by atoms with Gasteiger partial charge in [-0.2, -0.15) is 4.98 Å². The van der Waals surface area contributed by atoms with Gasteiger partial charge in [-0.1, -0.05) is 60.3 Å². The van der Waals surface area contributed by atoms with Crippen LogP contribution in [0.2, 0.25) is 0 Å². The molecule has 0 atom stereocenters. The van der Waals surface area contributed by atoms with E-state index >= 15 is 0 Å². The Morgan fingerprint density at radius 3 is 2.07 bits per heavy atom. The second-order valence-corrected chi connectivity index (χ2v) is 11.5. The van der Waals surface area contributed by atoms with Crippen LogP contribution in [0.1, 0.15) is 29.2 Å². The van der Waals surface area contributed by atoms with E-state index in [1.807, 2.05) is 31.2 Å². The van der Waals surface area contributed by atoms with E-state index in [1.165, 1.54) is 46.8 Å². The van der Waals surface area contributed by atoms with Crippen molar-refractivity contribution in [1.82, 2.24) is 24.0 Å². The largest absolute Gasteiger partial charge is 0.347 e. The third kappa shape index (κ3) is 8.18. The molecule has 8 nitrogen and oxygen atoms in total. The zero-order chi connectivity index (χ0) is 31.9. The average Bonchev–Trinajstić information content (AvgIpc) is 3.04. The van der Waals surface area contributed by atoms with Crippen molar-refractivity contribution in [3.8, 4) is 11.1 Å². The van der Waals surface area contributed by atoms with Gasteiger partial charge in [-0.05, 0) is 59.0 Å². The fraction of sp³-hybridized carbons (Fsp3) is 0.206. The fourth-order valence-corrected chi connectivity index (χ4v) is 5.63. The summed E-state index contributed by atoms with van der Waals surface area (Å²) in [6.07, 6.45) is 4.92. The summed E-state index contributed by atoms with van der Waals surface area (Å²) < 4.78 is 29.8. The molecule has 0 bridgehead atoms. The van der Waals surface area contributed by atoms with Gasteiger partial charge in [0.15, 0.2) is 5.16 Å². The van der Waals surface area contributed by atoms with Crippen LogP contribution in [0.5, 0.6) is 0 Å². The summed E-state index contributed by atoms with van der Waals surface area (Å²) in [4.78, 5) is 48.3. The molecule has 5 rings (SSSR count). The van der Waals surface area contributed by atoms with E-state index in [2.05, 4.69) is 9.97 Å². The van der Waals surface area contributed by atoms with Gasteiger partial charge in [0, 0.05) is 56.5 Å². The summed E-state index contributed by atoms with van der Waals surface area (Å²) in [5, 5.41) is 0.357. The highest BCUT2D eigenvalue weighted by atomic mass is 32.2. The van der Waals surface area contributed by atoms with Crippen molar-refractivity contribution in [2.24, 2.45) is 0 Å². The van der Waals surface area contributed by atoms with Crippen LogP contribution in [0.4, 0.5) is 8.78 Å². The van der Waals surface area contributed by atoms with E-state index in [1.54, 1.807) is 53.2 Å². The van der Waals surface area contributed by atoms with Gasteiger partial charge in [-0.25, -0.2) is 18.6 Å². The van der Waals surface area contributed by atoms with Gasteiger partial charge in [-0.15, -0.1) is 0 Å². The number of halogens is 2. The fourth-order valence-electron chi connectivity index (χ4n) is 4.71. The first kappa shape index (κ1) is 31.5. The standard InChI is InChI=1S/C34H31F2N5O3S/c1-3-40-19-25(17-37-33(40)44)16-28-20-41(34(38-32(28)43)45-22-24-6-12-29(35)13-7-24)21-31(42)39(2)18-23-4-8-26(9-5-23)27-10-14-30(36)15-11-27/h4-15,17,19-20H,3,16,18,21-22H2,1-2H3. The second-order valence-electron chi connectivity index (χ2n) is 10.6. The lowest BCUT2D eigenvalue weighted by Crippen LogP contribution is -2.31. The molecule has 1 amide bonds. The molecule has 2 heterocycles. The van der Waals surface area contributed by atoms with Gasteiger partial charge < -0.3 is 9.47 Å². The minimum absolute atomic E-state index is 0.0666. The van der Waals surface area contributed by atoms with E-state index in [9.17, 15) is 23.2 Å². The molecule has 0 fully saturated rings. The predicted octanol–water partition coefficient (Wildman–Crippen LogP) is 5.31. The van der Waals surface area contributed by atoms with Crippen molar-refractivity contribution < 1.29 is 13.6 Å². The van der Waals surface area contributed by atoms with Gasteiger partial charge in [0.05, 0.1) is 0 Å². The lowest BCUT2D eigenvalue weighted by Gasteiger charge is -2.20. The maximum Gasteiger partial charge on any atom is 0.347 e. The van der Waals surface area contributed by atoms with Crippen LogP contribution in [0, 0.1) is 11.6 Å². The Bertz CT molecular complexity index is 1910. The summed E-state index contributed by atoms with van der Waals surface area (Å²) in [7, 11) is 1.71. The first-order valence-electron chi connectivity index (χ1n) is 14.3. The van der Waals surface area contributed by atoms with Crippen molar-refractivity contribution in [3.05, 3.63) is 146 Å². The van der Waals surface area contributed by atoms with Gasteiger partial charge in [-0.3, -0.25) is 14.2 Å².